The van der Waals surface area contributed by atoms with Gasteiger partial charge in [0.1, 0.15) is 24.0 Å². The zero-order chi connectivity index (χ0) is 20.8. The molecule has 7 heteroatoms. The zero-order valence-corrected chi connectivity index (χ0v) is 16.5. The lowest BCUT2D eigenvalue weighted by Crippen LogP contribution is -2.41. The topological polar surface area (TPSA) is 67.3 Å². The van der Waals surface area contributed by atoms with E-state index in [1.807, 2.05) is 24.3 Å². The van der Waals surface area contributed by atoms with E-state index in [2.05, 4.69) is 20.2 Å². The third-order valence-electron chi connectivity index (χ3n) is 5.06. The van der Waals surface area contributed by atoms with E-state index in [-0.39, 0.29) is 24.2 Å². The molecule has 3 aromatic rings. The Morgan fingerprint density at radius 1 is 1.20 bits per heavy atom. The van der Waals surface area contributed by atoms with Crippen LogP contribution in [-0.2, 0) is 11.4 Å². The van der Waals surface area contributed by atoms with E-state index in [4.69, 9.17) is 4.74 Å². The predicted octanol–water partition coefficient (Wildman–Crippen LogP) is 4.05. The van der Waals surface area contributed by atoms with Gasteiger partial charge < -0.3 is 15.0 Å². The summed E-state index contributed by atoms with van der Waals surface area (Å²) in [4.78, 5) is 23.4. The minimum absolute atomic E-state index is 0.00760. The number of halogens is 1. The lowest BCUT2D eigenvalue weighted by molar-refractivity contribution is -0.120. The maximum atomic E-state index is 13.3. The molecule has 1 aliphatic rings. The molecule has 0 bridgehead atoms. The van der Waals surface area contributed by atoms with Crippen molar-refractivity contribution in [1.82, 2.24) is 9.97 Å². The molecule has 2 heterocycles. The second-order valence-electron chi connectivity index (χ2n) is 7.28. The van der Waals surface area contributed by atoms with Crippen molar-refractivity contribution in [3.63, 3.8) is 0 Å². The first-order valence-corrected chi connectivity index (χ1v) is 9.96. The summed E-state index contributed by atoms with van der Waals surface area (Å²) >= 11 is 0. The van der Waals surface area contributed by atoms with Gasteiger partial charge in [0.15, 0.2) is 0 Å². The molecule has 2 aromatic carbocycles. The Kier molecular flexibility index (Phi) is 6.17. The molecule has 0 radical (unpaired) electrons. The van der Waals surface area contributed by atoms with E-state index in [1.165, 1.54) is 12.1 Å². The molecule has 6 nitrogen and oxygen atoms in total. The van der Waals surface area contributed by atoms with E-state index in [1.54, 1.807) is 30.7 Å². The number of benzene rings is 2. The van der Waals surface area contributed by atoms with Gasteiger partial charge in [-0.25, -0.2) is 9.37 Å². The van der Waals surface area contributed by atoms with Crippen LogP contribution in [0.15, 0.2) is 67.1 Å². The van der Waals surface area contributed by atoms with Crippen molar-refractivity contribution in [2.75, 3.05) is 23.3 Å². The van der Waals surface area contributed by atoms with E-state index < -0.39 is 0 Å². The van der Waals surface area contributed by atoms with Crippen LogP contribution in [0.2, 0.25) is 0 Å². The fourth-order valence-electron chi connectivity index (χ4n) is 3.56. The molecule has 1 N–H and O–H groups in total. The molecular formula is C23H23FN4O2. The molecule has 1 amide bonds. The molecule has 4 rings (SSSR count). The zero-order valence-electron chi connectivity index (χ0n) is 16.5. The fraction of sp³-hybridized carbons (Fsp3) is 0.261. The number of carbonyl (C=O) groups is 1. The second kappa shape index (κ2) is 9.35. The van der Waals surface area contributed by atoms with Gasteiger partial charge in [-0.1, -0.05) is 18.2 Å². The van der Waals surface area contributed by atoms with Gasteiger partial charge in [0, 0.05) is 37.2 Å². The van der Waals surface area contributed by atoms with Crippen LogP contribution < -0.4 is 15.0 Å². The van der Waals surface area contributed by atoms with Gasteiger partial charge in [0.25, 0.3) is 0 Å². The Labute approximate surface area is 174 Å². The summed E-state index contributed by atoms with van der Waals surface area (Å²) in [5.41, 5.74) is 1.61. The standard InChI is InChI=1S/C23H23FN4O2/c24-19-6-2-8-21(13-19)30-16-17-4-1-7-20(12-17)27-23(29)18-5-3-11-28(15-18)22-14-25-9-10-26-22/h1-2,4,6-10,12-14,18H,3,5,11,15-16H2,(H,27,29)/t18-/m0/s1. The Bertz CT molecular complexity index is 999. The average molecular weight is 406 g/mol. The van der Waals surface area contributed by atoms with Crippen LogP contribution in [-0.4, -0.2) is 29.0 Å². The molecule has 1 aromatic heterocycles. The second-order valence-corrected chi connectivity index (χ2v) is 7.28. The fourth-order valence-corrected chi connectivity index (χ4v) is 3.56. The number of piperidine rings is 1. The van der Waals surface area contributed by atoms with E-state index in [9.17, 15) is 9.18 Å². The molecule has 1 aliphatic heterocycles. The smallest absolute Gasteiger partial charge is 0.229 e. The molecule has 1 atom stereocenters. The third kappa shape index (κ3) is 5.11. The van der Waals surface area contributed by atoms with Gasteiger partial charge in [-0.15, -0.1) is 0 Å². The van der Waals surface area contributed by atoms with Crippen LogP contribution in [0.25, 0.3) is 0 Å². The quantitative estimate of drug-likeness (QED) is 0.669. The largest absolute Gasteiger partial charge is 0.489 e. The Morgan fingerprint density at radius 2 is 2.10 bits per heavy atom. The highest BCUT2D eigenvalue weighted by Gasteiger charge is 2.26. The van der Waals surface area contributed by atoms with Crippen LogP contribution in [0.3, 0.4) is 0 Å². The number of rotatable bonds is 6. The van der Waals surface area contributed by atoms with Gasteiger partial charge in [0.05, 0.1) is 12.1 Å². The number of carbonyl (C=O) groups excluding carboxylic acids is 1. The lowest BCUT2D eigenvalue weighted by atomic mass is 9.97. The highest BCUT2D eigenvalue weighted by molar-refractivity contribution is 5.93. The minimum atomic E-state index is -0.337. The molecule has 0 spiro atoms. The average Bonchev–Trinajstić information content (AvgIpc) is 2.79. The lowest BCUT2D eigenvalue weighted by Gasteiger charge is -2.32. The van der Waals surface area contributed by atoms with Crippen molar-refractivity contribution in [3.05, 3.63) is 78.5 Å². The van der Waals surface area contributed by atoms with Crippen LogP contribution in [0, 0.1) is 11.7 Å². The summed E-state index contributed by atoms with van der Waals surface area (Å²) in [5.74, 6) is 0.804. The highest BCUT2D eigenvalue weighted by Crippen LogP contribution is 2.23. The summed E-state index contributed by atoms with van der Waals surface area (Å²) in [6, 6.07) is 13.5. The summed E-state index contributed by atoms with van der Waals surface area (Å²) in [6.07, 6.45) is 6.79. The van der Waals surface area contributed by atoms with Crippen molar-refractivity contribution < 1.29 is 13.9 Å². The van der Waals surface area contributed by atoms with E-state index in [0.717, 1.165) is 36.5 Å². The SMILES string of the molecule is O=C(Nc1cccc(COc2cccc(F)c2)c1)[C@H]1CCCN(c2cnccn2)C1. The van der Waals surface area contributed by atoms with E-state index in [0.29, 0.717) is 12.3 Å². The van der Waals surface area contributed by atoms with Crippen molar-refractivity contribution in [2.24, 2.45) is 5.92 Å². The molecule has 30 heavy (non-hydrogen) atoms. The summed E-state index contributed by atoms with van der Waals surface area (Å²) in [7, 11) is 0. The van der Waals surface area contributed by atoms with Crippen LogP contribution in [0.5, 0.6) is 5.75 Å². The number of nitrogens with one attached hydrogen (secondary N) is 1. The van der Waals surface area contributed by atoms with Gasteiger partial charge >= 0.3 is 0 Å². The summed E-state index contributed by atoms with van der Waals surface area (Å²) < 4.78 is 18.9. The number of hydrogen-bond acceptors (Lipinski definition) is 5. The Hall–Kier alpha value is -3.48. The summed E-state index contributed by atoms with van der Waals surface area (Å²) in [6.45, 7) is 1.78. The molecular weight excluding hydrogens is 383 g/mol. The van der Waals surface area contributed by atoms with Crippen molar-refractivity contribution >= 4 is 17.4 Å². The number of anilines is 2. The molecule has 0 unspecified atom stereocenters. The number of aromatic nitrogens is 2. The minimum Gasteiger partial charge on any atom is -0.489 e. The third-order valence-corrected chi connectivity index (χ3v) is 5.06. The highest BCUT2D eigenvalue weighted by atomic mass is 19.1. The van der Waals surface area contributed by atoms with Gasteiger partial charge in [-0.05, 0) is 42.7 Å². The van der Waals surface area contributed by atoms with Gasteiger partial charge in [-0.2, -0.15) is 0 Å². The summed E-state index contributed by atoms with van der Waals surface area (Å²) in [5, 5.41) is 3.01. The molecule has 0 saturated carbocycles. The van der Waals surface area contributed by atoms with Crippen LogP contribution in [0.4, 0.5) is 15.9 Å². The number of nitrogens with zero attached hydrogens (tertiary/aromatic N) is 3. The predicted molar refractivity (Wildman–Crippen MR) is 113 cm³/mol. The number of ether oxygens (including phenoxy) is 1. The van der Waals surface area contributed by atoms with Crippen molar-refractivity contribution in [1.29, 1.82) is 0 Å². The van der Waals surface area contributed by atoms with Gasteiger partial charge in [0.2, 0.25) is 5.91 Å². The van der Waals surface area contributed by atoms with Gasteiger partial charge in [-0.3, -0.25) is 9.78 Å². The maximum absolute atomic E-state index is 13.3. The maximum Gasteiger partial charge on any atom is 0.229 e. The molecule has 1 saturated heterocycles. The number of amides is 1. The van der Waals surface area contributed by atoms with Crippen molar-refractivity contribution in [2.45, 2.75) is 19.4 Å². The molecule has 1 fully saturated rings. The first-order chi connectivity index (χ1) is 14.7. The van der Waals surface area contributed by atoms with Crippen molar-refractivity contribution in [3.8, 4) is 5.75 Å². The van der Waals surface area contributed by atoms with Crippen LogP contribution >= 0.6 is 0 Å². The van der Waals surface area contributed by atoms with E-state index >= 15 is 0 Å². The Morgan fingerprint density at radius 3 is 2.93 bits per heavy atom. The van der Waals surface area contributed by atoms with Crippen LogP contribution in [0.1, 0.15) is 18.4 Å². The Balaban J connectivity index is 1.35. The molecule has 0 aliphatic carbocycles. The normalized spacial score (nSPS) is 16.2. The monoisotopic (exact) mass is 406 g/mol. The first-order valence-electron chi connectivity index (χ1n) is 9.96. The number of hydrogen-bond donors (Lipinski definition) is 1. The first kappa shape index (κ1) is 19.8. The molecule has 154 valence electrons.